The summed E-state index contributed by atoms with van der Waals surface area (Å²) in [7, 11) is 0. The number of carbonyl (C=O) groups excluding carboxylic acids is 1. The highest BCUT2D eigenvalue weighted by atomic mass is 16.7. The lowest BCUT2D eigenvalue weighted by atomic mass is 10.3. The molecule has 2 aromatic rings. The fraction of sp³-hybridized carbons (Fsp3) is 0.167. The summed E-state index contributed by atoms with van der Waals surface area (Å²) >= 11 is 0. The molecule has 0 saturated heterocycles. The van der Waals surface area contributed by atoms with E-state index in [1.165, 1.54) is 0 Å². The van der Waals surface area contributed by atoms with Crippen molar-refractivity contribution < 1.29 is 23.7 Å². The molecule has 0 N–H and O–H groups in total. The third kappa shape index (κ3) is 5.74. The van der Waals surface area contributed by atoms with Crippen molar-refractivity contribution in [2.75, 3.05) is 6.61 Å². The second-order valence-electron chi connectivity index (χ2n) is 4.66. The Hall–Kier alpha value is -2.95. The van der Waals surface area contributed by atoms with Crippen molar-refractivity contribution in [2.45, 2.75) is 13.0 Å². The van der Waals surface area contributed by atoms with Crippen molar-refractivity contribution in [1.29, 1.82) is 0 Å². The van der Waals surface area contributed by atoms with Crippen LogP contribution in [0.15, 0.2) is 67.4 Å². The fourth-order valence-corrected chi connectivity index (χ4v) is 1.74. The van der Waals surface area contributed by atoms with Gasteiger partial charge in [0, 0.05) is 0 Å². The maximum absolute atomic E-state index is 11.1. The van der Waals surface area contributed by atoms with Gasteiger partial charge in [-0.15, -0.1) is 0 Å². The van der Waals surface area contributed by atoms with Crippen LogP contribution < -0.4 is 9.47 Å². The minimum absolute atomic E-state index is 0.213. The standard InChI is InChI=1S/C18H18O5/c1-3-20-18(19)22-14(2)13-21-15-9-11-17(12-10-15)23-16-7-5-4-6-8-16/h3-12,14H,1,13H2,2H3/t14-/m0/s1. The van der Waals surface area contributed by atoms with Crippen molar-refractivity contribution in [2.24, 2.45) is 0 Å². The van der Waals surface area contributed by atoms with Gasteiger partial charge in [-0.25, -0.2) is 4.79 Å². The van der Waals surface area contributed by atoms with Crippen molar-refractivity contribution >= 4 is 6.16 Å². The quantitative estimate of drug-likeness (QED) is 0.554. The molecule has 0 fully saturated rings. The Labute approximate surface area is 135 Å². The lowest BCUT2D eigenvalue weighted by Gasteiger charge is -2.13. The smallest absolute Gasteiger partial charge is 0.490 e. The number of hydrogen-bond acceptors (Lipinski definition) is 5. The summed E-state index contributed by atoms with van der Waals surface area (Å²) in [5.41, 5.74) is 0. The van der Waals surface area contributed by atoms with E-state index in [1.54, 1.807) is 31.2 Å². The molecule has 0 heterocycles. The lowest BCUT2D eigenvalue weighted by molar-refractivity contribution is 0.0339. The summed E-state index contributed by atoms with van der Waals surface area (Å²) in [5, 5.41) is 0. The van der Waals surface area contributed by atoms with Crippen LogP contribution >= 0.6 is 0 Å². The van der Waals surface area contributed by atoms with Gasteiger partial charge < -0.3 is 18.9 Å². The molecule has 2 rings (SSSR count). The first kappa shape index (κ1) is 16.4. The monoisotopic (exact) mass is 314 g/mol. The second kappa shape index (κ2) is 8.48. The van der Waals surface area contributed by atoms with Gasteiger partial charge in [0.1, 0.15) is 30.0 Å². The Balaban J connectivity index is 1.81. The highest BCUT2D eigenvalue weighted by Gasteiger charge is 2.10. The first-order chi connectivity index (χ1) is 11.2. The minimum atomic E-state index is -0.803. The molecule has 0 aliphatic rings. The maximum atomic E-state index is 11.1. The molecule has 120 valence electrons. The normalized spacial score (nSPS) is 11.2. The Morgan fingerprint density at radius 3 is 2.30 bits per heavy atom. The van der Waals surface area contributed by atoms with Crippen LogP contribution in [0.5, 0.6) is 17.2 Å². The third-order valence-corrected chi connectivity index (χ3v) is 2.76. The molecule has 0 amide bonds. The minimum Gasteiger partial charge on any atom is -0.490 e. The summed E-state index contributed by atoms with van der Waals surface area (Å²) < 4.78 is 20.6. The summed E-state index contributed by atoms with van der Waals surface area (Å²) in [6.45, 7) is 5.19. The van der Waals surface area contributed by atoms with Gasteiger partial charge in [0.2, 0.25) is 0 Å². The highest BCUT2D eigenvalue weighted by Crippen LogP contribution is 2.23. The van der Waals surface area contributed by atoms with E-state index in [2.05, 4.69) is 11.3 Å². The largest absolute Gasteiger partial charge is 0.513 e. The molecular weight excluding hydrogens is 296 g/mol. The van der Waals surface area contributed by atoms with Crippen LogP contribution in [0, 0.1) is 0 Å². The number of para-hydroxylation sites is 1. The Bertz CT molecular complexity index is 622. The van der Waals surface area contributed by atoms with Crippen molar-refractivity contribution in [3.05, 3.63) is 67.4 Å². The predicted octanol–water partition coefficient (Wildman–Crippen LogP) is 4.54. The van der Waals surface area contributed by atoms with Gasteiger partial charge >= 0.3 is 6.16 Å². The van der Waals surface area contributed by atoms with E-state index in [9.17, 15) is 4.79 Å². The highest BCUT2D eigenvalue weighted by molar-refractivity contribution is 5.60. The first-order valence-electron chi connectivity index (χ1n) is 7.11. The van der Waals surface area contributed by atoms with Crippen LogP contribution in [-0.4, -0.2) is 18.9 Å². The average molecular weight is 314 g/mol. The molecule has 5 heteroatoms. The van der Waals surface area contributed by atoms with Crippen molar-refractivity contribution in [3.8, 4) is 17.2 Å². The molecular formula is C18H18O5. The first-order valence-corrected chi connectivity index (χ1v) is 7.11. The second-order valence-corrected chi connectivity index (χ2v) is 4.66. The molecule has 5 nitrogen and oxygen atoms in total. The molecule has 0 aromatic heterocycles. The van der Waals surface area contributed by atoms with E-state index in [1.807, 2.05) is 30.3 Å². The zero-order chi connectivity index (χ0) is 16.5. The predicted molar refractivity (Wildman–Crippen MR) is 85.7 cm³/mol. The molecule has 0 aliphatic heterocycles. The Morgan fingerprint density at radius 2 is 1.65 bits per heavy atom. The van der Waals surface area contributed by atoms with Crippen LogP contribution in [0.2, 0.25) is 0 Å². The molecule has 23 heavy (non-hydrogen) atoms. The summed E-state index contributed by atoms with van der Waals surface area (Å²) in [6, 6.07) is 16.7. The van der Waals surface area contributed by atoms with Gasteiger partial charge in [-0.1, -0.05) is 24.8 Å². The number of rotatable bonds is 7. The van der Waals surface area contributed by atoms with E-state index in [4.69, 9.17) is 14.2 Å². The van der Waals surface area contributed by atoms with E-state index < -0.39 is 12.3 Å². The molecule has 0 aliphatic carbocycles. The SMILES string of the molecule is C=COC(=O)O[C@@H](C)COc1ccc(Oc2ccccc2)cc1. The van der Waals surface area contributed by atoms with Crippen LogP contribution in [-0.2, 0) is 9.47 Å². The van der Waals surface area contributed by atoms with E-state index >= 15 is 0 Å². The number of carbonyl (C=O) groups is 1. The van der Waals surface area contributed by atoms with Crippen molar-refractivity contribution in [3.63, 3.8) is 0 Å². The van der Waals surface area contributed by atoms with Crippen LogP contribution in [0.1, 0.15) is 6.92 Å². The summed E-state index contributed by atoms with van der Waals surface area (Å²) in [4.78, 5) is 11.1. The molecule has 0 unspecified atom stereocenters. The van der Waals surface area contributed by atoms with Gasteiger partial charge in [0.25, 0.3) is 0 Å². The molecule has 0 radical (unpaired) electrons. The van der Waals surface area contributed by atoms with Crippen molar-refractivity contribution in [1.82, 2.24) is 0 Å². The number of ether oxygens (including phenoxy) is 4. The maximum Gasteiger partial charge on any atom is 0.513 e. The number of benzene rings is 2. The molecule has 2 aromatic carbocycles. The van der Waals surface area contributed by atoms with E-state index in [-0.39, 0.29) is 6.61 Å². The number of hydrogen-bond donors (Lipinski definition) is 0. The zero-order valence-electron chi connectivity index (χ0n) is 12.8. The Kier molecular flexibility index (Phi) is 6.06. The molecule has 0 bridgehead atoms. The average Bonchev–Trinajstić information content (AvgIpc) is 2.55. The van der Waals surface area contributed by atoms with E-state index in [0.29, 0.717) is 11.5 Å². The van der Waals surface area contributed by atoms with Gasteiger partial charge in [0.05, 0.1) is 6.26 Å². The Morgan fingerprint density at radius 1 is 1.04 bits per heavy atom. The van der Waals surface area contributed by atoms with Crippen LogP contribution in [0.4, 0.5) is 4.79 Å². The van der Waals surface area contributed by atoms with Gasteiger partial charge in [-0.2, -0.15) is 0 Å². The summed E-state index contributed by atoms with van der Waals surface area (Å²) in [5.74, 6) is 2.13. The van der Waals surface area contributed by atoms with Gasteiger partial charge in [-0.05, 0) is 43.3 Å². The van der Waals surface area contributed by atoms with E-state index in [0.717, 1.165) is 12.0 Å². The topological polar surface area (TPSA) is 54.0 Å². The van der Waals surface area contributed by atoms with Gasteiger partial charge in [0.15, 0.2) is 0 Å². The molecule has 1 atom stereocenters. The fourth-order valence-electron chi connectivity index (χ4n) is 1.74. The zero-order valence-corrected chi connectivity index (χ0v) is 12.8. The van der Waals surface area contributed by atoms with Gasteiger partial charge in [-0.3, -0.25) is 0 Å². The molecule has 0 saturated carbocycles. The van der Waals surface area contributed by atoms with Crippen LogP contribution in [0.25, 0.3) is 0 Å². The third-order valence-electron chi connectivity index (χ3n) is 2.76. The van der Waals surface area contributed by atoms with Crippen LogP contribution in [0.3, 0.4) is 0 Å². The summed E-state index contributed by atoms with van der Waals surface area (Å²) in [6.07, 6.45) is -0.230. The molecule has 0 spiro atoms. The lowest BCUT2D eigenvalue weighted by Crippen LogP contribution is -2.21.